The normalized spacial score (nSPS) is 28.2. The molecule has 1 N–H and O–H groups in total. The molecule has 0 spiro atoms. The van der Waals surface area contributed by atoms with Gasteiger partial charge < -0.3 is 5.11 Å². The van der Waals surface area contributed by atoms with Gasteiger partial charge in [-0.05, 0) is 43.2 Å². The summed E-state index contributed by atoms with van der Waals surface area (Å²) in [6.07, 6.45) is 3.25. The van der Waals surface area contributed by atoms with Gasteiger partial charge in [0, 0.05) is 4.47 Å². The monoisotopic (exact) mass is 296 g/mol. The van der Waals surface area contributed by atoms with Crippen molar-refractivity contribution >= 4 is 21.9 Å². The zero-order valence-electron chi connectivity index (χ0n) is 9.95. The van der Waals surface area contributed by atoms with E-state index in [-0.39, 0.29) is 0 Å². The summed E-state index contributed by atoms with van der Waals surface area (Å²) in [4.78, 5) is 11.6. The molecule has 1 aromatic rings. The second-order valence-electron chi connectivity index (χ2n) is 5.20. The fourth-order valence-corrected chi connectivity index (χ4v) is 3.26. The maximum absolute atomic E-state index is 11.6. The molecule has 1 aromatic carbocycles. The topological polar surface area (TPSA) is 37.3 Å². The summed E-state index contributed by atoms with van der Waals surface area (Å²) < 4.78 is 1.01. The van der Waals surface area contributed by atoms with Crippen LogP contribution in [-0.4, -0.2) is 11.1 Å². The predicted molar refractivity (Wildman–Crippen MR) is 70.9 cm³/mol. The zero-order chi connectivity index (χ0) is 12.5. The van der Waals surface area contributed by atoms with Crippen molar-refractivity contribution in [2.24, 2.45) is 11.3 Å². The van der Waals surface area contributed by atoms with Crippen LogP contribution in [0.3, 0.4) is 0 Å². The molecule has 1 aliphatic rings. The Labute approximate surface area is 110 Å². The highest BCUT2D eigenvalue weighted by molar-refractivity contribution is 9.10. The lowest BCUT2D eigenvalue weighted by molar-refractivity contribution is -0.148. The van der Waals surface area contributed by atoms with Crippen molar-refractivity contribution in [2.45, 2.75) is 32.6 Å². The minimum atomic E-state index is -0.641. The van der Waals surface area contributed by atoms with Gasteiger partial charge in [-0.25, -0.2) is 0 Å². The number of aliphatic carboxylic acids is 1. The molecule has 2 unspecified atom stereocenters. The van der Waals surface area contributed by atoms with E-state index in [4.69, 9.17) is 0 Å². The molecule has 0 heterocycles. The Bertz CT molecular complexity index is 430. The van der Waals surface area contributed by atoms with Crippen LogP contribution in [0.4, 0.5) is 0 Å². The highest BCUT2D eigenvalue weighted by atomic mass is 79.9. The molecule has 3 heteroatoms. The highest BCUT2D eigenvalue weighted by Gasteiger charge is 2.44. The van der Waals surface area contributed by atoms with Crippen LogP contribution in [0.5, 0.6) is 0 Å². The third kappa shape index (κ3) is 2.54. The van der Waals surface area contributed by atoms with Crippen molar-refractivity contribution in [3.8, 4) is 0 Å². The Kier molecular flexibility index (Phi) is 3.57. The molecule has 0 amide bonds. The molecular weight excluding hydrogens is 280 g/mol. The fourth-order valence-electron chi connectivity index (χ4n) is 2.83. The van der Waals surface area contributed by atoms with Gasteiger partial charge in [-0.1, -0.05) is 41.1 Å². The second kappa shape index (κ2) is 4.81. The third-order valence-corrected chi connectivity index (χ3v) is 4.57. The van der Waals surface area contributed by atoms with Crippen LogP contribution < -0.4 is 0 Å². The molecule has 1 aliphatic carbocycles. The van der Waals surface area contributed by atoms with Crippen LogP contribution in [0.15, 0.2) is 28.7 Å². The molecule has 0 radical (unpaired) electrons. The minimum absolute atomic E-state index is 0.522. The zero-order valence-corrected chi connectivity index (χ0v) is 11.5. The van der Waals surface area contributed by atoms with E-state index in [9.17, 15) is 9.90 Å². The van der Waals surface area contributed by atoms with Crippen molar-refractivity contribution < 1.29 is 9.90 Å². The number of carboxylic acid groups (broad SMARTS) is 1. The Morgan fingerprint density at radius 3 is 2.76 bits per heavy atom. The first-order chi connectivity index (χ1) is 8.03. The quantitative estimate of drug-likeness (QED) is 0.919. The number of carbonyl (C=O) groups is 1. The maximum atomic E-state index is 11.6. The van der Waals surface area contributed by atoms with Crippen molar-refractivity contribution in [3.63, 3.8) is 0 Å². The lowest BCUT2D eigenvalue weighted by Crippen LogP contribution is -2.30. The standard InChI is InChI=1S/C14H17BrO2/c1-10-6-7-14(8-10,13(16)17)9-11-4-2-3-5-12(11)15/h2-5,10H,6-9H2,1H3,(H,16,17). The number of rotatable bonds is 3. The van der Waals surface area contributed by atoms with E-state index in [1.54, 1.807) is 0 Å². The lowest BCUT2D eigenvalue weighted by atomic mass is 9.79. The molecule has 0 saturated heterocycles. The van der Waals surface area contributed by atoms with E-state index in [1.807, 2.05) is 24.3 Å². The number of hydrogen-bond donors (Lipinski definition) is 1. The van der Waals surface area contributed by atoms with E-state index < -0.39 is 11.4 Å². The molecule has 2 rings (SSSR count). The van der Waals surface area contributed by atoms with Gasteiger partial charge in [0.15, 0.2) is 0 Å². The summed E-state index contributed by atoms with van der Waals surface area (Å²) in [7, 11) is 0. The molecule has 2 nitrogen and oxygen atoms in total. The Balaban J connectivity index is 2.26. The number of carboxylic acids is 1. The highest BCUT2D eigenvalue weighted by Crippen LogP contribution is 2.45. The average molecular weight is 297 g/mol. The molecule has 2 atom stereocenters. The van der Waals surface area contributed by atoms with Gasteiger partial charge in [0.2, 0.25) is 0 Å². The first kappa shape index (κ1) is 12.6. The van der Waals surface area contributed by atoms with Crippen LogP contribution in [0.2, 0.25) is 0 Å². The van der Waals surface area contributed by atoms with Gasteiger partial charge in [0.1, 0.15) is 0 Å². The van der Waals surface area contributed by atoms with Crippen LogP contribution in [0.1, 0.15) is 31.7 Å². The number of benzene rings is 1. The molecule has 1 saturated carbocycles. The third-order valence-electron chi connectivity index (χ3n) is 3.80. The molecule has 0 bridgehead atoms. The lowest BCUT2D eigenvalue weighted by Gasteiger charge is -2.24. The van der Waals surface area contributed by atoms with Gasteiger partial charge in [-0.15, -0.1) is 0 Å². The van der Waals surface area contributed by atoms with E-state index in [0.717, 1.165) is 29.3 Å². The number of halogens is 1. The SMILES string of the molecule is CC1CCC(Cc2ccccc2Br)(C(=O)O)C1. The minimum Gasteiger partial charge on any atom is -0.481 e. The van der Waals surface area contributed by atoms with Crippen molar-refractivity contribution in [1.82, 2.24) is 0 Å². The molecular formula is C14H17BrO2. The molecule has 1 fully saturated rings. The average Bonchev–Trinajstić information content (AvgIpc) is 2.65. The van der Waals surface area contributed by atoms with Crippen molar-refractivity contribution in [1.29, 1.82) is 0 Å². The van der Waals surface area contributed by atoms with Crippen LogP contribution in [0.25, 0.3) is 0 Å². The summed E-state index contributed by atoms with van der Waals surface area (Å²) >= 11 is 3.50. The van der Waals surface area contributed by atoms with Gasteiger partial charge in [-0.2, -0.15) is 0 Å². The van der Waals surface area contributed by atoms with E-state index in [0.29, 0.717) is 12.3 Å². The number of hydrogen-bond acceptors (Lipinski definition) is 1. The molecule has 0 aliphatic heterocycles. The van der Waals surface area contributed by atoms with Crippen molar-refractivity contribution in [2.75, 3.05) is 0 Å². The van der Waals surface area contributed by atoms with E-state index in [1.165, 1.54) is 0 Å². The second-order valence-corrected chi connectivity index (χ2v) is 6.06. The fraction of sp³-hybridized carbons (Fsp3) is 0.500. The smallest absolute Gasteiger partial charge is 0.309 e. The van der Waals surface area contributed by atoms with Gasteiger partial charge in [0.25, 0.3) is 0 Å². The summed E-state index contributed by atoms with van der Waals surface area (Å²) in [5.74, 6) is -0.119. The molecule has 17 heavy (non-hydrogen) atoms. The van der Waals surface area contributed by atoms with Gasteiger partial charge in [-0.3, -0.25) is 4.79 Å². The maximum Gasteiger partial charge on any atom is 0.309 e. The molecule has 92 valence electrons. The Hall–Kier alpha value is -0.830. The Morgan fingerprint density at radius 2 is 2.24 bits per heavy atom. The first-order valence-corrected chi connectivity index (χ1v) is 6.80. The van der Waals surface area contributed by atoms with Gasteiger partial charge in [0.05, 0.1) is 5.41 Å². The molecule has 0 aromatic heterocycles. The summed E-state index contributed by atoms with van der Waals surface area (Å²) in [6.45, 7) is 2.14. The van der Waals surface area contributed by atoms with E-state index in [2.05, 4.69) is 22.9 Å². The van der Waals surface area contributed by atoms with Gasteiger partial charge >= 0.3 is 5.97 Å². The van der Waals surface area contributed by atoms with E-state index >= 15 is 0 Å². The van der Waals surface area contributed by atoms with Crippen LogP contribution in [0, 0.1) is 11.3 Å². The van der Waals surface area contributed by atoms with Crippen LogP contribution >= 0.6 is 15.9 Å². The van der Waals surface area contributed by atoms with Crippen LogP contribution in [-0.2, 0) is 11.2 Å². The first-order valence-electron chi connectivity index (χ1n) is 6.00. The Morgan fingerprint density at radius 1 is 1.53 bits per heavy atom. The largest absolute Gasteiger partial charge is 0.481 e. The predicted octanol–water partition coefficient (Wildman–Crippen LogP) is 3.88. The van der Waals surface area contributed by atoms with Crippen molar-refractivity contribution in [3.05, 3.63) is 34.3 Å². The summed E-state index contributed by atoms with van der Waals surface area (Å²) in [5.41, 5.74) is 0.549. The summed E-state index contributed by atoms with van der Waals surface area (Å²) in [6, 6.07) is 7.91. The summed E-state index contributed by atoms with van der Waals surface area (Å²) in [5, 5.41) is 9.52.